The first-order chi connectivity index (χ1) is 9.20. The van der Waals surface area contributed by atoms with Crippen molar-refractivity contribution in [3.8, 4) is 0 Å². The Labute approximate surface area is 111 Å². The number of methoxy groups -OCH3 is 1. The summed E-state index contributed by atoms with van der Waals surface area (Å²) in [6.45, 7) is 1.94. The van der Waals surface area contributed by atoms with E-state index >= 15 is 0 Å². The van der Waals surface area contributed by atoms with Crippen molar-refractivity contribution in [2.45, 2.75) is 13.0 Å². The Hall–Kier alpha value is -1.82. The predicted molar refractivity (Wildman–Crippen MR) is 67.1 cm³/mol. The maximum atomic E-state index is 12.0. The minimum Gasteiger partial charge on any atom is -0.472 e. The second kappa shape index (κ2) is 6.38. The van der Waals surface area contributed by atoms with Gasteiger partial charge in [0.25, 0.3) is 0 Å². The van der Waals surface area contributed by atoms with Crippen LogP contribution in [0.3, 0.4) is 0 Å². The molecule has 1 aromatic rings. The van der Waals surface area contributed by atoms with Crippen LogP contribution in [-0.2, 0) is 20.9 Å². The van der Waals surface area contributed by atoms with Gasteiger partial charge in [0.1, 0.15) is 0 Å². The molecule has 0 aliphatic carbocycles. The van der Waals surface area contributed by atoms with Crippen molar-refractivity contribution in [2.24, 2.45) is 5.92 Å². The second-order valence-corrected chi connectivity index (χ2v) is 4.58. The fourth-order valence-electron chi connectivity index (χ4n) is 2.09. The summed E-state index contributed by atoms with van der Waals surface area (Å²) in [7, 11) is 1.59. The lowest BCUT2D eigenvalue weighted by molar-refractivity contribution is -0.129. The van der Waals surface area contributed by atoms with Crippen LogP contribution in [0.4, 0.5) is 0 Å². The molecular formula is C13H18N2O4. The van der Waals surface area contributed by atoms with Gasteiger partial charge in [0.2, 0.25) is 11.8 Å². The van der Waals surface area contributed by atoms with Gasteiger partial charge in [-0.25, -0.2) is 0 Å². The Morgan fingerprint density at radius 2 is 2.47 bits per heavy atom. The third-order valence-electron chi connectivity index (χ3n) is 3.20. The molecule has 0 aromatic carbocycles. The van der Waals surface area contributed by atoms with Crippen LogP contribution in [0.1, 0.15) is 12.0 Å². The third-order valence-corrected chi connectivity index (χ3v) is 3.20. The molecule has 2 rings (SSSR count). The molecular weight excluding hydrogens is 248 g/mol. The number of carbonyl (C=O) groups excluding carboxylic acids is 2. The number of ether oxygens (including phenoxy) is 1. The fourth-order valence-corrected chi connectivity index (χ4v) is 2.09. The summed E-state index contributed by atoms with van der Waals surface area (Å²) in [6, 6.07) is 1.80. The molecule has 1 N–H and O–H groups in total. The van der Waals surface area contributed by atoms with Gasteiger partial charge >= 0.3 is 0 Å². The summed E-state index contributed by atoms with van der Waals surface area (Å²) >= 11 is 0. The van der Waals surface area contributed by atoms with Crippen LogP contribution in [0.5, 0.6) is 0 Å². The minimum absolute atomic E-state index is 0.0144. The lowest BCUT2D eigenvalue weighted by Crippen LogP contribution is -2.33. The molecule has 2 heterocycles. The van der Waals surface area contributed by atoms with Gasteiger partial charge in [0.15, 0.2) is 0 Å². The molecule has 1 aliphatic rings. The van der Waals surface area contributed by atoms with Crippen LogP contribution in [0.15, 0.2) is 23.0 Å². The van der Waals surface area contributed by atoms with Gasteiger partial charge in [0.05, 0.1) is 25.1 Å². The van der Waals surface area contributed by atoms with Gasteiger partial charge in [0, 0.05) is 38.7 Å². The molecule has 1 aliphatic heterocycles. The van der Waals surface area contributed by atoms with Crippen molar-refractivity contribution < 1.29 is 18.7 Å². The zero-order valence-corrected chi connectivity index (χ0v) is 10.9. The van der Waals surface area contributed by atoms with E-state index in [0.717, 1.165) is 5.56 Å². The van der Waals surface area contributed by atoms with E-state index in [4.69, 9.17) is 9.15 Å². The molecule has 0 saturated carbocycles. The molecule has 6 heteroatoms. The van der Waals surface area contributed by atoms with Gasteiger partial charge < -0.3 is 19.4 Å². The Morgan fingerprint density at radius 1 is 1.63 bits per heavy atom. The number of rotatable bonds is 6. The molecule has 2 amide bonds. The van der Waals surface area contributed by atoms with E-state index in [-0.39, 0.29) is 24.2 Å². The summed E-state index contributed by atoms with van der Waals surface area (Å²) in [5.74, 6) is -0.341. The summed E-state index contributed by atoms with van der Waals surface area (Å²) < 4.78 is 9.86. The molecule has 1 fully saturated rings. The van der Waals surface area contributed by atoms with E-state index in [1.165, 1.54) is 0 Å². The van der Waals surface area contributed by atoms with Gasteiger partial charge in [-0.15, -0.1) is 0 Å². The fraction of sp³-hybridized carbons (Fsp3) is 0.538. The smallest absolute Gasteiger partial charge is 0.225 e. The number of hydrogen-bond acceptors (Lipinski definition) is 4. The van der Waals surface area contributed by atoms with E-state index in [0.29, 0.717) is 26.2 Å². The van der Waals surface area contributed by atoms with Crippen molar-refractivity contribution in [2.75, 3.05) is 26.8 Å². The second-order valence-electron chi connectivity index (χ2n) is 4.58. The Balaban J connectivity index is 1.79. The van der Waals surface area contributed by atoms with Crippen molar-refractivity contribution in [3.05, 3.63) is 24.2 Å². The first-order valence-electron chi connectivity index (χ1n) is 6.26. The maximum absolute atomic E-state index is 12.0. The van der Waals surface area contributed by atoms with E-state index in [1.807, 2.05) is 0 Å². The molecule has 104 valence electrons. The van der Waals surface area contributed by atoms with Crippen LogP contribution < -0.4 is 5.32 Å². The highest BCUT2D eigenvalue weighted by molar-refractivity contribution is 5.89. The van der Waals surface area contributed by atoms with Gasteiger partial charge in [-0.2, -0.15) is 0 Å². The first-order valence-corrected chi connectivity index (χ1v) is 6.26. The average molecular weight is 266 g/mol. The zero-order chi connectivity index (χ0) is 13.7. The third kappa shape index (κ3) is 3.57. The Kier molecular flexibility index (Phi) is 4.57. The molecule has 0 radical (unpaired) electrons. The predicted octanol–water partition coefficient (Wildman–Crippen LogP) is 0.391. The van der Waals surface area contributed by atoms with Crippen LogP contribution in [0.25, 0.3) is 0 Å². The van der Waals surface area contributed by atoms with E-state index in [2.05, 4.69) is 5.32 Å². The van der Waals surface area contributed by atoms with Crippen molar-refractivity contribution in [1.82, 2.24) is 10.2 Å². The minimum atomic E-state index is -0.267. The van der Waals surface area contributed by atoms with E-state index in [1.54, 1.807) is 30.6 Å². The number of nitrogens with one attached hydrogen (secondary N) is 1. The largest absolute Gasteiger partial charge is 0.472 e. The summed E-state index contributed by atoms with van der Waals surface area (Å²) in [6.07, 6.45) is 3.43. The number of hydrogen-bond donors (Lipinski definition) is 1. The van der Waals surface area contributed by atoms with Crippen LogP contribution in [0, 0.1) is 5.92 Å². The highest BCUT2D eigenvalue weighted by Crippen LogP contribution is 2.17. The van der Waals surface area contributed by atoms with Crippen LogP contribution >= 0.6 is 0 Å². The monoisotopic (exact) mass is 266 g/mol. The molecule has 1 unspecified atom stereocenters. The van der Waals surface area contributed by atoms with Gasteiger partial charge in [-0.1, -0.05) is 0 Å². The SMILES string of the molecule is COCCN1CC(C(=O)NCc2ccoc2)CC1=O. The number of amides is 2. The van der Waals surface area contributed by atoms with Gasteiger partial charge in [-0.3, -0.25) is 9.59 Å². The quantitative estimate of drug-likeness (QED) is 0.808. The highest BCUT2D eigenvalue weighted by Gasteiger charge is 2.33. The normalized spacial score (nSPS) is 18.9. The molecule has 1 atom stereocenters. The topological polar surface area (TPSA) is 71.8 Å². The van der Waals surface area contributed by atoms with Crippen molar-refractivity contribution >= 4 is 11.8 Å². The molecule has 1 saturated heterocycles. The number of likely N-dealkylation sites (tertiary alicyclic amines) is 1. The first kappa shape index (κ1) is 13.6. The summed E-state index contributed by atoms with van der Waals surface area (Å²) in [5.41, 5.74) is 0.911. The van der Waals surface area contributed by atoms with Crippen molar-refractivity contribution in [3.63, 3.8) is 0 Å². The lowest BCUT2D eigenvalue weighted by atomic mass is 10.1. The zero-order valence-electron chi connectivity index (χ0n) is 10.9. The maximum Gasteiger partial charge on any atom is 0.225 e. The standard InChI is InChI=1S/C13H18N2O4/c1-18-5-3-15-8-11(6-12(15)16)13(17)14-7-10-2-4-19-9-10/h2,4,9,11H,3,5-8H2,1H3,(H,14,17). The molecule has 6 nitrogen and oxygen atoms in total. The lowest BCUT2D eigenvalue weighted by Gasteiger charge is -2.15. The highest BCUT2D eigenvalue weighted by atomic mass is 16.5. The molecule has 19 heavy (non-hydrogen) atoms. The molecule has 0 spiro atoms. The number of nitrogens with zero attached hydrogens (tertiary/aromatic N) is 1. The van der Waals surface area contributed by atoms with E-state index < -0.39 is 0 Å². The van der Waals surface area contributed by atoms with Crippen LogP contribution in [0.2, 0.25) is 0 Å². The number of furan rings is 1. The Bertz CT molecular complexity index is 430. The summed E-state index contributed by atoms with van der Waals surface area (Å²) in [4.78, 5) is 25.3. The molecule has 0 bridgehead atoms. The van der Waals surface area contributed by atoms with Crippen molar-refractivity contribution in [1.29, 1.82) is 0 Å². The molecule has 1 aromatic heterocycles. The average Bonchev–Trinajstić information content (AvgIpc) is 3.03. The number of carbonyl (C=O) groups is 2. The van der Waals surface area contributed by atoms with Crippen LogP contribution in [-0.4, -0.2) is 43.5 Å². The van der Waals surface area contributed by atoms with Gasteiger partial charge in [-0.05, 0) is 6.07 Å². The van der Waals surface area contributed by atoms with E-state index in [9.17, 15) is 9.59 Å². The summed E-state index contributed by atoms with van der Waals surface area (Å²) in [5, 5.41) is 2.82. The Morgan fingerprint density at radius 3 is 3.16 bits per heavy atom.